The normalized spacial score (nSPS) is 18.9. The molecule has 4 rings (SSSR count). The average Bonchev–Trinajstić information content (AvgIpc) is 3.07. The van der Waals surface area contributed by atoms with Crippen LogP contribution < -0.4 is 10.5 Å². The van der Waals surface area contributed by atoms with Crippen LogP contribution in [0.5, 0.6) is 5.75 Å². The summed E-state index contributed by atoms with van der Waals surface area (Å²) in [5, 5.41) is 10.8. The topological polar surface area (TPSA) is 73.1 Å². The van der Waals surface area contributed by atoms with Crippen LogP contribution in [0.2, 0.25) is 0 Å². The summed E-state index contributed by atoms with van der Waals surface area (Å²) in [5.74, 6) is 0.492. The predicted octanol–water partition coefficient (Wildman–Crippen LogP) is 3.46. The Balaban J connectivity index is 1.37. The zero-order valence-corrected chi connectivity index (χ0v) is 18.5. The Morgan fingerprint density at radius 3 is 2.21 bits per heavy atom. The molecule has 2 aromatic heterocycles. The second-order valence-corrected chi connectivity index (χ2v) is 8.73. The Bertz CT molecular complexity index is 978. The molecule has 4 heterocycles. The van der Waals surface area contributed by atoms with Gasteiger partial charge in [-0.25, -0.2) is 9.78 Å². The number of hydrogen-bond donors (Lipinski definition) is 1. The Morgan fingerprint density at radius 1 is 0.939 bits per heavy atom. The Morgan fingerprint density at radius 2 is 1.61 bits per heavy atom. The number of rotatable bonds is 5. The number of hydrogen-bond acceptors (Lipinski definition) is 7. The van der Waals surface area contributed by atoms with Crippen LogP contribution in [0.25, 0.3) is 0 Å². The molecule has 2 saturated heterocycles. The van der Waals surface area contributed by atoms with Gasteiger partial charge in [-0.2, -0.15) is 13.2 Å². The van der Waals surface area contributed by atoms with E-state index in [1.54, 1.807) is 0 Å². The highest BCUT2D eigenvalue weighted by Crippen LogP contribution is 2.30. The molecule has 33 heavy (non-hydrogen) atoms. The fourth-order valence-electron chi connectivity index (χ4n) is 4.43. The first-order valence-electron chi connectivity index (χ1n) is 11.4. The van der Waals surface area contributed by atoms with Crippen LogP contribution in [0.1, 0.15) is 42.4 Å². The van der Waals surface area contributed by atoms with Gasteiger partial charge in [-0.05, 0) is 38.1 Å². The highest BCUT2D eigenvalue weighted by molar-refractivity contribution is 5.41. The summed E-state index contributed by atoms with van der Waals surface area (Å²) < 4.78 is 43.5. The third-order valence-corrected chi connectivity index (χ3v) is 6.39. The number of piperazine rings is 1. The SMILES string of the molecule is O=c1occ(CN2CCCCCC2)c(O)c1CN1CCN(c2ccc(C(F)(F)F)cn2)CC1. The van der Waals surface area contributed by atoms with Crippen molar-refractivity contribution in [3.63, 3.8) is 0 Å². The minimum Gasteiger partial charge on any atom is -0.507 e. The van der Waals surface area contributed by atoms with Crippen LogP contribution in [0.15, 0.2) is 33.8 Å². The van der Waals surface area contributed by atoms with Gasteiger partial charge in [-0.1, -0.05) is 12.8 Å². The average molecular weight is 467 g/mol. The number of pyridine rings is 1. The molecule has 10 heteroatoms. The molecule has 0 aliphatic carbocycles. The monoisotopic (exact) mass is 466 g/mol. The number of anilines is 1. The number of alkyl halides is 3. The van der Waals surface area contributed by atoms with Crippen LogP contribution >= 0.6 is 0 Å². The number of aromatic hydroxyl groups is 1. The van der Waals surface area contributed by atoms with Crippen LogP contribution in [-0.2, 0) is 19.3 Å². The summed E-state index contributed by atoms with van der Waals surface area (Å²) in [6.07, 6.45) is 2.48. The Labute approximate surface area is 190 Å². The molecule has 2 aliphatic rings. The van der Waals surface area contributed by atoms with E-state index in [2.05, 4.69) is 9.88 Å². The van der Waals surface area contributed by atoms with Gasteiger partial charge in [-0.15, -0.1) is 0 Å². The van der Waals surface area contributed by atoms with Gasteiger partial charge in [0, 0.05) is 51.0 Å². The third kappa shape index (κ3) is 5.86. The van der Waals surface area contributed by atoms with Crippen molar-refractivity contribution in [3.05, 3.63) is 51.7 Å². The van der Waals surface area contributed by atoms with Gasteiger partial charge in [0.2, 0.25) is 0 Å². The predicted molar refractivity (Wildman–Crippen MR) is 117 cm³/mol. The fourth-order valence-corrected chi connectivity index (χ4v) is 4.43. The lowest BCUT2D eigenvalue weighted by molar-refractivity contribution is -0.137. The van der Waals surface area contributed by atoms with E-state index >= 15 is 0 Å². The molecule has 1 N–H and O–H groups in total. The summed E-state index contributed by atoms with van der Waals surface area (Å²) in [6.45, 7) is 5.01. The maximum absolute atomic E-state index is 12.7. The maximum atomic E-state index is 12.7. The molecule has 7 nitrogen and oxygen atoms in total. The standard InChI is InChI=1S/C23H29F3N4O3/c24-23(25,26)18-5-6-20(27-13-18)30-11-9-29(10-12-30)15-19-21(31)17(16-33-22(19)32)14-28-7-3-1-2-4-8-28/h5-6,13,16,31H,1-4,7-12,14-15H2. The highest BCUT2D eigenvalue weighted by atomic mass is 19.4. The highest BCUT2D eigenvalue weighted by Gasteiger charge is 2.31. The lowest BCUT2D eigenvalue weighted by Crippen LogP contribution is -2.46. The summed E-state index contributed by atoms with van der Waals surface area (Å²) in [5.41, 5.74) is -0.436. The molecule has 2 fully saturated rings. The van der Waals surface area contributed by atoms with E-state index in [4.69, 9.17) is 4.42 Å². The third-order valence-electron chi connectivity index (χ3n) is 6.39. The van der Waals surface area contributed by atoms with Crippen LogP contribution in [0, 0.1) is 0 Å². The Hall–Kier alpha value is -2.59. The van der Waals surface area contributed by atoms with Gasteiger partial charge in [0.05, 0.1) is 11.1 Å². The van der Waals surface area contributed by atoms with E-state index in [0.717, 1.165) is 38.2 Å². The van der Waals surface area contributed by atoms with Gasteiger partial charge < -0.3 is 14.4 Å². The summed E-state index contributed by atoms with van der Waals surface area (Å²) >= 11 is 0. The number of aromatic nitrogens is 1. The molecular formula is C23H29F3N4O3. The number of halogens is 3. The molecule has 180 valence electrons. The van der Waals surface area contributed by atoms with E-state index < -0.39 is 17.4 Å². The van der Waals surface area contributed by atoms with Crippen molar-refractivity contribution < 1.29 is 22.7 Å². The Kier molecular flexibility index (Phi) is 7.23. The molecule has 0 spiro atoms. The van der Waals surface area contributed by atoms with Crippen molar-refractivity contribution in [3.8, 4) is 5.75 Å². The van der Waals surface area contributed by atoms with Crippen molar-refractivity contribution in [1.82, 2.24) is 14.8 Å². The number of likely N-dealkylation sites (tertiary alicyclic amines) is 1. The van der Waals surface area contributed by atoms with Crippen molar-refractivity contribution in [2.24, 2.45) is 0 Å². The minimum absolute atomic E-state index is 0.00216. The van der Waals surface area contributed by atoms with Gasteiger partial charge in [0.25, 0.3) is 0 Å². The van der Waals surface area contributed by atoms with Gasteiger partial charge in [-0.3, -0.25) is 9.80 Å². The van der Waals surface area contributed by atoms with E-state index in [9.17, 15) is 23.1 Å². The molecule has 0 bridgehead atoms. The van der Waals surface area contributed by atoms with Crippen molar-refractivity contribution in [2.75, 3.05) is 44.2 Å². The zero-order valence-electron chi connectivity index (χ0n) is 18.5. The molecule has 0 radical (unpaired) electrons. The van der Waals surface area contributed by atoms with E-state index in [-0.39, 0.29) is 17.9 Å². The molecule has 0 amide bonds. The molecule has 2 aromatic rings. The first kappa shape index (κ1) is 23.6. The van der Waals surface area contributed by atoms with Gasteiger partial charge >= 0.3 is 11.8 Å². The van der Waals surface area contributed by atoms with Crippen molar-refractivity contribution >= 4 is 5.82 Å². The zero-order chi connectivity index (χ0) is 23.4. The molecule has 0 saturated carbocycles. The molecular weight excluding hydrogens is 437 g/mol. The lowest BCUT2D eigenvalue weighted by atomic mass is 10.1. The molecule has 0 atom stereocenters. The first-order chi connectivity index (χ1) is 15.8. The van der Waals surface area contributed by atoms with Crippen molar-refractivity contribution in [1.29, 1.82) is 0 Å². The van der Waals surface area contributed by atoms with E-state index in [0.29, 0.717) is 44.1 Å². The second kappa shape index (κ2) is 10.1. The fraction of sp³-hybridized carbons (Fsp3) is 0.565. The summed E-state index contributed by atoms with van der Waals surface area (Å²) in [6, 6.07) is 2.42. The van der Waals surface area contributed by atoms with Crippen LogP contribution in [-0.4, -0.2) is 59.2 Å². The molecule has 2 aliphatic heterocycles. The van der Waals surface area contributed by atoms with E-state index in [1.165, 1.54) is 25.2 Å². The minimum atomic E-state index is -4.41. The second-order valence-electron chi connectivity index (χ2n) is 8.73. The van der Waals surface area contributed by atoms with Gasteiger partial charge in [0.15, 0.2) is 0 Å². The number of nitrogens with zero attached hydrogens (tertiary/aromatic N) is 4. The molecule has 0 aromatic carbocycles. The summed E-state index contributed by atoms with van der Waals surface area (Å²) in [4.78, 5) is 22.5. The maximum Gasteiger partial charge on any atom is 0.417 e. The van der Waals surface area contributed by atoms with Crippen LogP contribution in [0.3, 0.4) is 0 Å². The van der Waals surface area contributed by atoms with Gasteiger partial charge in [0.1, 0.15) is 17.8 Å². The van der Waals surface area contributed by atoms with Crippen molar-refractivity contribution in [2.45, 2.75) is 44.9 Å². The molecule has 0 unspecified atom stereocenters. The first-order valence-corrected chi connectivity index (χ1v) is 11.4. The quantitative estimate of drug-likeness (QED) is 0.724. The van der Waals surface area contributed by atoms with E-state index in [1.807, 2.05) is 9.80 Å². The summed E-state index contributed by atoms with van der Waals surface area (Å²) in [7, 11) is 0. The lowest BCUT2D eigenvalue weighted by Gasteiger charge is -2.35. The van der Waals surface area contributed by atoms with Crippen LogP contribution in [0.4, 0.5) is 19.0 Å². The largest absolute Gasteiger partial charge is 0.507 e. The smallest absolute Gasteiger partial charge is 0.417 e.